The predicted molar refractivity (Wildman–Crippen MR) is 75.1 cm³/mol. The van der Waals surface area contributed by atoms with Crippen LogP contribution in [-0.2, 0) is 14.8 Å². The maximum Gasteiger partial charge on any atom is 0.322 e. The standard InChI is InChI=1S/C11H11BrClNO5S/c12-8-4-7(1-2-9(8)13)20(18,19)14-5-6(15)3-10(14)11(16)17/h1-2,4,6,10,15H,3,5H2,(H,16,17). The molecule has 0 aliphatic carbocycles. The fourth-order valence-electron chi connectivity index (χ4n) is 2.05. The number of aliphatic hydroxyl groups excluding tert-OH is 1. The van der Waals surface area contributed by atoms with Crippen LogP contribution in [-0.4, -0.2) is 47.6 Å². The lowest BCUT2D eigenvalue weighted by molar-refractivity contribution is -0.140. The Kier molecular flexibility index (Phi) is 4.41. The van der Waals surface area contributed by atoms with Crippen molar-refractivity contribution >= 4 is 43.5 Å². The molecular weight excluding hydrogens is 374 g/mol. The molecule has 0 aromatic heterocycles. The van der Waals surface area contributed by atoms with Gasteiger partial charge in [0.1, 0.15) is 6.04 Å². The second-order valence-electron chi connectivity index (χ2n) is 4.39. The SMILES string of the molecule is O=C(O)C1CC(O)CN1S(=O)(=O)c1ccc(Cl)c(Br)c1. The monoisotopic (exact) mass is 383 g/mol. The summed E-state index contributed by atoms with van der Waals surface area (Å²) < 4.78 is 26.1. The van der Waals surface area contributed by atoms with E-state index in [-0.39, 0.29) is 17.9 Å². The van der Waals surface area contributed by atoms with E-state index in [1.807, 2.05) is 0 Å². The topological polar surface area (TPSA) is 94.9 Å². The van der Waals surface area contributed by atoms with Gasteiger partial charge in [0, 0.05) is 17.4 Å². The van der Waals surface area contributed by atoms with Crippen LogP contribution in [0, 0.1) is 0 Å². The summed E-state index contributed by atoms with van der Waals surface area (Å²) in [6.07, 6.45) is -1.11. The van der Waals surface area contributed by atoms with Crippen LogP contribution in [0.15, 0.2) is 27.6 Å². The highest BCUT2D eigenvalue weighted by atomic mass is 79.9. The summed E-state index contributed by atoms with van der Waals surface area (Å²) in [5, 5.41) is 18.9. The van der Waals surface area contributed by atoms with Gasteiger partial charge in [-0.05, 0) is 34.1 Å². The highest BCUT2D eigenvalue weighted by Crippen LogP contribution is 2.30. The zero-order chi connectivity index (χ0) is 15.1. The molecule has 0 radical (unpaired) electrons. The van der Waals surface area contributed by atoms with Crippen molar-refractivity contribution in [2.45, 2.75) is 23.5 Å². The van der Waals surface area contributed by atoms with Gasteiger partial charge in [0.15, 0.2) is 0 Å². The molecule has 0 bridgehead atoms. The third-order valence-corrected chi connectivity index (χ3v) is 6.10. The predicted octanol–water partition coefficient (Wildman–Crippen LogP) is 1.31. The molecule has 1 heterocycles. The first-order chi connectivity index (χ1) is 9.23. The van der Waals surface area contributed by atoms with E-state index in [1.54, 1.807) is 0 Å². The Hall–Kier alpha value is -0.670. The number of benzene rings is 1. The lowest BCUT2D eigenvalue weighted by Crippen LogP contribution is -2.40. The van der Waals surface area contributed by atoms with Crippen LogP contribution in [0.5, 0.6) is 0 Å². The molecule has 1 aromatic carbocycles. The van der Waals surface area contributed by atoms with Gasteiger partial charge in [0.25, 0.3) is 0 Å². The Morgan fingerprint density at radius 2 is 2.10 bits per heavy atom. The number of halogens is 2. The van der Waals surface area contributed by atoms with Gasteiger partial charge in [0.05, 0.1) is 16.0 Å². The Bertz CT molecular complexity index is 650. The minimum Gasteiger partial charge on any atom is -0.480 e. The molecule has 1 aliphatic rings. The molecule has 9 heteroatoms. The summed E-state index contributed by atoms with van der Waals surface area (Å²) in [5.41, 5.74) is 0. The number of carbonyl (C=O) groups is 1. The minimum atomic E-state index is -4.00. The fourth-order valence-corrected chi connectivity index (χ4v) is 4.35. The summed E-state index contributed by atoms with van der Waals surface area (Å²) in [4.78, 5) is 11.0. The number of nitrogens with zero attached hydrogens (tertiary/aromatic N) is 1. The summed E-state index contributed by atoms with van der Waals surface area (Å²) in [7, 11) is -4.00. The zero-order valence-corrected chi connectivity index (χ0v) is 13.2. The summed E-state index contributed by atoms with van der Waals surface area (Å²) in [6, 6.07) is 2.75. The van der Waals surface area contributed by atoms with Crippen molar-refractivity contribution in [3.05, 3.63) is 27.7 Å². The van der Waals surface area contributed by atoms with Crippen LogP contribution in [0.4, 0.5) is 0 Å². The van der Waals surface area contributed by atoms with Crippen LogP contribution in [0.25, 0.3) is 0 Å². The number of carboxylic acids is 1. The normalized spacial score (nSPS) is 23.9. The van der Waals surface area contributed by atoms with Crippen LogP contribution in [0.3, 0.4) is 0 Å². The highest BCUT2D eigenvalue weighted by molar-refractivity contribution is 9.10. The Labute approximate surface area is 129 Å². The third kappa shape index (κ3) is 2.84. The van der Waals surface area contributed by atoms with Gasteiger partial charge < -0.3 is 10.2 Å². The van der Waals surface area contributed by atoms with E-state index < -0.39 is 28.1 Å². The Balaban J connectivity index is 2.43. The van der Waals surface area contributed by atoms with Crippen molar-refractivity contribution in [3.63, 3.8) is 0 Å². The molecule has 1 saturated heterocycles. The maximum absolute atomic E-state index is 12.4. The number of rotatable bonds is 3. The molecule has 2 N–H and O–H groups in total. The van der Waals surface area contributed by atoms with Crippen molar-refractivity contribution in [2.24, 2.45) is 0 Å². The van der Waals surface area contributed by atoms with E-state index in [0.717, 1.165) is 4.31 Å². The molecule has 20 heavy (non-hydrogen) atoms. The lowest BCUT2D eigenvalue weighted by atomic mass is 10.2. The molecule has 2 unspecified atom stereocenters. The van der Waals surface area contributed by atoms with Crippen LogP contribution in [0.2, 0.25) is 5.02 Å². The van der Waals surface area contributed by atoms with E-state index in [1.165, 1.54) is 18.2 Å². The Morgan fingerprint density at radius 1 is 1.45 bits per heavy atom. The van der Waals surface area contributed by atoms with E-state index in [2.05, 4.69) is 15.9 Å². The number of β-amino-alcohol motifs (C(OH)–C–C–N with tert-alkyl or cyclic N) is 1. The summed E-state index contributed by atoms with van der Waals surface area (Å²) in [6.45, 7) is -0.237. The van der Waals surface area contributed by atoms with Crippen LogP contribution >= 0.6 is 27.5 Å². The van der Waals surface area contributed by atoms with Crippen molar-refractivity contribution in [1.29, 1.82) is 0 Å². The number of sulfonamides is 1. The van der Waals surface area contributed by atoms with Crippen LogP contribution < -0.4 is 0 Å². The van der Waals surface area contributed by atoms with Crippen LogP contribution in [0.1, 0.15) is 6.42 Å². The van der Waals surface area contributed by atoms with Gasteiger partial charge in [-0.2, -0.15) is 4.31 Å². The van der Waals surface area contributed by atoms with Crippen molar-refractivity contribution in [3.8, 4) is 0 Å². The average molecular weight is 385 g/mol. The second kappa shape index (κ2) is 5.61. The van der Waals surface area contributed by atoms with E-state index in [9.17, 15) is 18.3 Å². The second-order valence-corrected chi connectivity index (χ2v) is 7.55. The summed E-state index contributed by atoms with van der Waals surface area (Å²) >= 11 is 8.93. The molecular formula is C11H11BrClNO5S. The molecule has 110 valence electrons. The van der Waals surface area contributed by atoms with Gasteiger partial charge in [-0.15, -0.1) is 0 Å². The number of carboxylic acid groups (broad SMARTS) is 1. The molecule has 6 nitrogen and oxygen atoms in total. The number of aliphatic carboxylic acids is 1. The van der Waals surface area contributed by atoms with Gasteiger partial charge in [-0.3, -0.25) is 4.79 Å². The molecule has 0 amide bonds. The highest BCUT2D eigenvalue weighted by Gasteiger charge is 2.43. The zero-order valence-electron chi connectivity index (χ0n) is 10.0. The lowest BCUT2D eigenvalue weighted by Gasteiger charge is -2.20. The molecule has 0 saturated carbocycles. The quantitative estimate of drug-likeness (QED) is 0.819. The third-order valence-electron chi connectivity index (χ3n) is 3.02. The van der Waals surface area contributed by atoms with Gasteiger partial charge in [-0.1, -0.05) is 11.6 Å². The van der Waals surface area contributed by atoms with E-state index in [0.29, 0.717) is 9.50 Å². The minimum absolute atomic E-state index is 0.0749. The smallest absolute Gasteiger partial charge is 0.322 e. The average Bonchev–Trinajstić information content (AvgIpc) is 2.75. The number of aliphatic hydroxyl groups is 1. The largest absolute Gasteiger partial charge is 0.480 e. The van der Waals surface area contributed by atoms with Crippen molar-refractivity contribution in [2.75, 3.05) is 6.54 Å². The van der Waals surface area contributed by atoms with Gasteiger partial charge in [-0.25, -0.2) is 8.42 Å². The van der Waals surface area contributed by atoms with Crippen molar-refractivity contribution in [1.82, 2.24) is 4.31 Å². The maximum atomic E-state index is 12.4. The van der Waals surface area contributed by atoms with E-state index in [4.69, 9.17) is 16.7 Å². The molecule has 2 rings (SSSR count). The van der Waals surface area contributed by atoms with Gasteiger partial charge >= 0.3 is 5.97 Å². The first-order valence-corrected chi connectivity index (χ1v) is 8.22. The molecule has 0 spiro atoms. The number of hydrogen-bond donors (Lipinski definition) is 2. The molecule has 1 fully saturated rings. The first-order valence-electron chi connectivity index (χ1n) is 5.61. The molecule has 2 atom stereocenters. The fraction of sp³-hybridized carbons (Fsp3) is 0.364. The van der Waals surface area contributed by atoms with E-state index >= 15 is 0 Å². The van der Waals surface area contributed by atoms with Gasteiger partial charge in [0.2, 0.25) is 10.0 Å². The summed E-state index contributed by atoms with van der Waals surface area (Å²) in [5.74, 6) is -1.28. The first kappa shape index (κ1) is 15.7. The molecule has 1 aliphatic heterocycles. The Morgan fingerprint density at radius 3 is 2.65 bits per heavy atom. The number of hydrogen-bond acceptors (Lipinski definition) is 4. The van der Waals surface area contributed by atoms with Crippen molar-refractivity contribution < 1.29 is 23.4 Å². The molecule has 1 aromatic rings.